The van der Waals surface area contributed by atoms with Crippen LogP contribution in [0, 0.1) is 0 Å². The van der Waals surface area contributed by atoms with Crippen LogP contribution in [0.4, 0.5) is 11.6 Å². The number of amides is 1. The minimum atomic E-state index is -0.541. The number of nitrogens with two attached hydrogens (primary N) is 1. The van der Waals surface area contributed by atoms with Crippen molar-refractivity contribution in [2.45, 2.75) is 38.3 Å². The molecule has 1 unspecified atom stereocenters. The van der Waals surface area contributed by atoms with E-state index in [9.17, 15) is 4.79 Å². The van der Waals surface area contributed by atoms with Crippen molar-refractivity contribution in [3.63, 3.8) is 0 Å². The smallest absolute Gasteiger partial charge is 0.239 e. The van der Waals surface area contributed by atoms with Gasteiger partial charge in [-0.25, -0.2) is 9.97 Å². The number of carbonyl (C=O) groups is 1. The number of halogens is 3. The van der Waals surface area contributed by atoms with Gasteiger partial charge in [-0.05, 0) is 43.9 Å². The summed E-state index contributed by atoms with van der Waals surface area (Å²) in [4.78, 5) is 25.9. The van der Waals surface area contributed by atoms with Gasteiger partial charge in [0, 0.05) is 42.8 Å². The molecule has 2 aromatic rings. The van der Waals surface area contributed by atoms with Crippen LogP contribution < -0.4 is 16.0 Å². The Morgan fingerprint density at radius 2 is 1.87 bits per heavy atom. The minimum absolute atomic E-state index is 0. The molecule has 0 aliphatic carbocycles. The Morgan fingerprint density at radius 1 is 1.19 bits per heavy atom. The van der Waals surface area contributed by atoms with E-state index in [-0.39, 0.29) is 30.7 Å². The van der Waals surface area contributed by atoms with E-state index >= 15 is 0 Å². The molecule has 0 spiro atoms. The Hall–Kier alpha value is -1.80. The number of aromatic nitrogens is 2. The molecule has 10 heteroatoms. The molecule has 1 amide bonds. The zero-order valence-electron chi connectivity index (χ0n) is 17.5. The summed E-state index contributed by atoms with van der Waals surface area (Å²) >= 11 is 5.92. The van der Waals surface area contributed by atoms with Gasteiger partial charge in [0.15, 0.2) is 0 Å². The third-order valence-electron chi connectivity index (χ3n) is 5.71. The Morgan fingerprint density at radius 3 is 2.55 bits per heavy atom. The van der Waals surface area contributed by atoms with Crippen LogP contribution >= 0.6 is 36.4 Å². The Kier molecular flexibility index (Phi) is 9.18. The molecule has 0 saturated carbocycles. The zero-order chi connectivity index (χ0) is 20.4. The number of anilines is 2. The second-order valence-corrected chi connectivity index (χ2v) is 8.29. The fourth-order valence-electron chi connectivity index (χ4n) is 4.03. The Labute approximate surface area is 200 Å². The average Bonchev–Trinajstić information content (AvgIpc) is 2.74. The molecule has 3 heterocycles. The van der Waals surface area contributed by atoms with Crippen molar-refractivity contribution in [3.8, 4) is 0 Å². The van der Waals surface area contributed by atoms with Crippen LogP contribution in [0.3, 0.4) is 0 Å². The molecular weight excluding hydrogens is 459 g/mol. The molecule has 1 fully saturated rings. The summed E-state index contributed by atoms with van der Waals surface area (Å²) in [5.74, 6) is 1.93. The van der Waals surface area contributed by atoms with E-state index in [4.69, 9.17) is 17.3 Å². The van der Waals surface area contributed by atoms with E-state index in [1.54, 1.807) is 6.33 Å². The van der Waals surface area contributed by atoms with Gasteiger partial charge in [0.1, 0.15) is 18.0 Å². The van der Waals surface area contributed by atoms with Crippen LogP contribution in [0.5, 0.6) is 0 Å². The molecule has 7 nitrogen and oxygen atoms in total. The first kappa shape index (κ1) is 25.5. The third-order valence-corrected chi connectivity index (χ3v) is 5.96. The largest absolute Gasteiger partial charge is 0.367 e. The van der Waals surface area contributed by atoms with Gasteiger partial charge < -0.3 is 20.9 Å². The van der Waals surface area contributed by atoms with Crippen LogP contribution in [-0.2, 0) is 17.6 Å². The normalized spacial score (nSPS) is 18.7. The van der Waals surface area contributed by atoms with Crippen molar-refractivity contribution in [1.82, 2.24) is 14.9 Å². The summed E-state index contributed by atoms with van der Waals surface area (Å²) in [7, 11) is 0. The number of carbonyl (C=O) groups excluding carboxylic acids is 1. The summed E-state index contributed by atoms with van der Waals surface area (Å²) in [5.41, 5.74) is 8.40. The monoisotopic (exact) mass is 486 g/mol. The quantitative estimate of drug-likeness (QED) is 0.689. The molecule has 0 bridgehead atoms. The fourth-order valence-corrected chi connectivity index (χ4v) is 4.16. The predicted octanol–water partition coefficient (Wildman–Crippen LogP) is 2.94. The maximum absolute atomic E-state index is 12.8. The maximum atomic E-state index is 12.8. The van der Waals surface area contributed by atoms with Crippen molar-refractivity contribution in [2.24, 2.45) is 5.73 Å². The van der Waals surface area contributed by atoms with Crippen molar-refractivity contribution in [1.29, 1.82) is 0 Å². The van der Waals surface area contributed by atoms with E-state index in [1.165, 1.54) is 5.56 Å². The fraction of sp³-hybridized carbons (Fsp3) is 0.476. The highest BCUT2D eigenvalue weighted by Crippen LogP contribution is 2.30. The van der Waals surface area contributed by atoms with Crippen molar-refractivity contribution >= 4 is 54.0 Å². The van der Waals surface area contributed by atoms with Gasteiger partial charge in [-0.15, -0.1) is 24.8 Å². The molecule has 2 aliphatic heterocycles. The standard InChI is InChI=1S/C21H27ClN6O.2ClH/c1-14-2-7-17-19(26-14)24-13-25-20(17)27-8-10-28(11-9-27)21(29)18(23)12-15-3-5-16(22)6-4-15;;/h3-6,13-14,18H,2,7-12,23H2,1H3,(H,24,25,26);2*1H/t14?,18-;;/m1../s1. The Balaban J connectivity index is 0.00000171. The highest BCUT2D eigenvalue weighted by atomic mass is 35.5. The molecule has 31 heavy (non-hydrogen) atoms. The topological polar surface area (TPSA) is 87.4 Å². The second kappa shape index (κ2) is 11.2. The molecule has 1 aromatic heterocycles. The number of fused-ring (bicyclic) bond motifs is 1. The summed E-state index contributed by atoms with van der Waals surface area (Å²) in [6.45, 7) is 4.96. The lowest BCUT2D eigenvalue weighted by Crippen LogP contribution is -2.54. The molecular formula is C21H29Cl3N6O. The first-order valence-corrected chi connectivity index (χ1v) is 10.5. The van der Waals surface area contributed by atoms with Crippen LogP contribution in [0.2, 0.25) is 5.02 Å². The highest BCUT2D eigenvalue weighted by molar-refractivity contribution is 6.30. The lowest BCUT2D eigenvalue weighted by Gasteiger charge is -2.38. The van der Waals surface area contributed by atoms with Gasteiger partial charge in [0.2, 0.25) is 5.91 Å². The van der Waals surface area contributed by atoms with Gasteiger partial charge >= 0.3 is 0 Å². The molecule has 170 valence electrons. The molecule has 0 radical (unpaired) electrons. The summed E-state index contributed by atoms with van der Waals surface area (Å²) in [5, 5.41) is 4.12. The predicted molar refractivity (Wildman–Crippen MR) is 130 cm³/mol. The molecule has 2 aliphatic rings. The Bertz CT molecular complexity index is 874. The van der Waals surface area contributed by atoms with E-state index in [0.29, 0.717) is 30.6 Å². The van der Waals surface area contributed by atoms with Gasteiger partial charge in [0.05, 0.1) is 6.04 Å². The van der Waals surface area contributed by atoms with Crippen LogP contribution in [0.1, 0.15) is 24.5 Å². The first-order valence-electron chi connectivity index (χ1n) is 10.2. The molecule has 3 N–H and O–H groups in total. The number of nitrogens with zero attached hydrogens (tertiary/aromatic N) is 4. The van der Waals surface area contributed by atoms with Gasteiger partial charge in [-0.3, -0.25) is 4.79 Å². The molecule has 4 rings (SSSR count). The second-order valence-electron chi connectivity index (χ2n) is 7.86. The lowest BCUT2D eigenvalue weighted by atomic mass is 10.0. The molecule has 2 atom stereocenters. The molecule has 1 aromatic carbocycles. The van der Waals surface area contributed by atoms with E-state index in [2.05, 4.69) is 27.1 Å². The number of nitrogens with one attached hydrogen (secondary N) is 1. The summed E-state index contributed by atoms with van der Waals surface area (Å²) < 4.78 is 0. The van der Waals surface area contributed by atoms with Gasteiger partial charge in [-0.1, -0.05) is 23.7 Å². The number of benzene rings is 1. The van der Waals surface area contributed by atoms with Crippen LogP contribution in [0.25, 0.3) is 0 Å². The van der Waals surface area contributed by atoms with E-state index < -0.39 is 6.04 Å². The summed E-state index contributed by atoms with van der Waals surface area (Å²) in [6, 6.07) is 7.37. The number of piperazine rings is 1. The van der Waals surface area contributed by atoms with Crippen molar-refractivity contribution in [3.05, 3.63) is 46.7 Å². The number of rotatable bonds is 4. The maximum Gasteiger partial charge on any atom is 0.239 e. The lowest BCUT2D eigenvalue weighted by molar-refractivity contribution is -0.132. The highest BCUT2D eigenvalue weighted by Gasteiger charge is 2.28. The van der Waals surface area contributed by atoms with Gasteiger partial charge in [-0.2, -0.15) is 0 Å². The molecule has 1 saturated heterocycles. The van der Waals surface area contributed by atoms with Crippen LogP contribution in [0.15, 0.2) is 30.6 Å². The third kappa shape index (κ3) is 5.92. The van der Waals surface area contributed by atoms with Crippen molar-refractivity contribution < 1.29 is 4.79 Å². The van der Waals surface area contributed by atoms with E-state index in [0.717, 1.165) is 43.1 Å². The van der Waals surface area contributed by atoms with Crippen molar-refractivity contribution in [2.75, 3.05) is 36.4 Å². The van der Waals surface area contributed by atoms with Gasteiger partial charge in [0.25, 0.3) is 0 Å². The van der Waals surface area contributed by atoms with E-state index in [1.807, 2.05) is 29.2 Å². The SMILES string of the molecule is CC1CCc2c(ncnc2N2CCN(C(=O)[C@H](N)Cc3ccc(Cl)cc3)CC2)N1.Cl.Cl. The zero-order valence-corrected chi connectivity index (χ0v) is 19.8. The first-order chi connectivity index (χ1) is 14.0. The average molecular weight is 488 g/mol. The van der Waals surface area contributed by atoms with Crippen LogP contribution in [-0.4, -0.2) is 59.0 Å². The number of hydrogen-bond donors (Lipinski definition) is 2. The minimum Gasteiger partial charge on any atom is -0.367 e. The number of hydrogen-bond acceptors (Lipinski definition) is 6. The summed E-state index contributed by atoms with van der Waals surface area (Å²) in [6.07, 6.45) is 4.19.